The van der Waals surface area contributed by atoms with Crippen molar-refractivity contribution in [1.82, 2.24) is 15.1 Å². The minimum absolute atomic E-state index is 0.130. The number of aryl methyl sites for hydroxylation is 1. The molecular formula is C14H27N5O2. The van der Waals surface area contributed by atoms with Crippen molar-refractivity contribution in [2.75, 3.05) is 27.4 Å². The first-order chi connectivity index (χ1) is 9.99. The van der Waals surface area contributed by atoms with Gasteiger partial charge >= 0.3 is 0 Å². The highest BCUT2D eigenvalue weighted by molar-refractivity contribution is 5.78. The molecule has 0 aromatic carbocycles. The summed E-state index contributed by atoms with van der Waals surface area (Å²) < 4.78 is 12.1. The molecule has 0 saturated heterocycles. The predicted octanol–water partition coefficient (Wildman–Crippen LogP) is 0.586. The van der Waals surface area contributed by atoms with Crippen molar-refractivity contribution >= 4 is 5.96 Å². The number of hydrogen-bond donors (Lipinski definition) is 2. The van der Waals surface area contributed by atoms with Crippen molar-refractivity contribution in [2.24, 2.45) is 10.7 Å². The first-order valence-corrected chi connectivity index (χ1v) is 7.06. The number of aromatic nitrogens is 2. The quantitative estimate of drug-likeness (QED) is 0.541. The first kappa shape index (κ1) is 17.5. The first-order valence-electron chi connectivity index (χ1n) is 7.06. The second kappa shape index (κ2) is 8.63. The molecule has 21 heavy (non-hydrogen) atoms. The average Bonchev–Trinajstić information content (AvgIpc) is 2.69. The standard InChI is InChI=1S/C14H27N5O2/c1-10(9-21-5)17-14(15)16-8-13-11(2)18-19(12(13)3)6-7-20-4/h10H,6-9H2,1-5H3,(H3,15,16,17). The van der Waals surface area contributed by atoms with Crippen LogP contribution in [-0.4, -0.2) is 49.2 Å². The molecule has 1 rings (SSSR count). The number of guanidine groups is 1. The molecule has 0 radical (unpaired) electrons. The molecular weight excluding hydrogens is 270 g/mol. The fourth-order valence-electron chi connectivity index (χ4n) is 2.11. The van der Waals surface area contributed by atoms with Crippen molar-refractivity contribution in [1.29, 1.82) is 0 Å². The number of nitrogens with two attached hydrogens (primary N) is 1. The van der Waals surface area contributed by atoms with E-state index in [1.54, 1.807) is 14.2 Å². The fourth-order valence-corrected chi connectivity index (χ4v) is 2.11. The summed E-state index contributed by atoms with van der Waals surface area (Å²) in [5.41, 5.74) is 9.06. The summed E-state index contributed by atoms with van der Waals surface area (Å²) in [6.45, 7) is 8.50. The van der Waals surface area contributed by atoms with Crippen LogP contribution in [0, 0.1) is 13.8 Å². The lowest BCUT2D eigenvalue weighted by Gasteiger charge is -2.13. The van der Waals surface area contributed by atoms with Crippen LogP contribution in [0.15, 0.2) is 4.99 Å². The van der Waals surface area contributed by atoms with Crippen molar-refractivity contribution < 1.29 is 9.47 Å². The molecule has 1 aromatic rings. The van der Waals surface area contributed by atoms with Crippen LogP contribution >= 0.6 is 0 Å². The molecule has 0 spiro atoms. The van der Waals surface area contributed by atoms with Crippen LogP contribution in [0.1, 0.15) is 23.9 Å². The largest absolute Gasteiger partial charge is 0.383 e. The number of rotatable bonds is 8. The smallest absolute Gasteiger partial charge is 0.189 e. The second-order valence-corrected chi connectivity index (χ2v) is 5.07. The summed E-state index contributed by atoms with van der Waals surface area (Å²) in [4.78, 5) is 4.38. The third kappa shape index (κ3) is 5.35. The van der Waals surface area contributed by atoms with Gasteiger partial charge in [-0.1, -0.05) is 0 Å². The molecule has 0 saturated carbocycles. The van der Waals surface area contributed by atoms with Gasteiger partial charge in [0.25, 0.3) is 0 Å². The number of nitrogens with zero attached hydrogens (tertiary/aromatic N) is 3. The molecule has 1 unspecified atom stereocenters. The van der Waals surface area contributed by atoms with Gasteiger partial charge in [-0.15, -0.1) is 0 Å². The summed E-state index contributed by atoms with van der Waals surface area (Å²) in [6.07, 6.45) is 0. The summed E-state index contributed by atoms with van der Waals surface area (Å²) in [5, 5.41) is 7.59. The summed E-state index contributed by atoms with van der Waals surface area (Å²) in [7, 11) is 3.34. The Morgan fingerprint density at radius 2 is 2.10 bits per heavy atom. The molecule has 3 N–H and O–H groups in total. The van der Waals surface area contributed by atoms with E-state index in [1.807, 2.05) is 25.5 Å². The molecule has 0 fully saturated rings. The number of nitrogens with one attached hydrogen (secondary N) is 1. The minimum Gasteiger partial charge on any atom is -0.383 e. The van der Waals surface area contributed by atoms with Gasteiger partial charge in [0.1, 0.15) is 0 Å². The van der Waals surface area contributed by atoms with Gasteiger partial charge < -0.3 is 20.5 Å². The van der Waals surface area contributed by atoms with E-state index in [1.165, 1.54) is 0 Å². The van der Waals surface area contributed by atoms with Gasteiger partial charge in [0.2, 0.25) is 0 Å². The molecule has 0 bridgehead atoms. The fraction of sp³-hybridized carbons (Fsp3) is 0.714. The molecule has 0 aliphatic heterocycles. The van der Waals surface area contributed by atoms with Gasteiger partial charge in [-0.3, -0.25) is 4.68 Å². The highest BCUT2D eigenvalue weighted by Crippen LogP contribution is 2.14. The van der Waals surface area contributed by atoms with E-state index in [-0.39, 0.29) is 6.04 Å². The Morgan fingerprint density at radius 1 is 1.38 bits per heavy atom. The lowest BCUT2D eigenvalue weighted by Crippen LogP contribution is -2.40. The van der Waals surface area contributed by atoms with Gasteiger partial charge in [-0.25, -0.2) is 4.99 Å². The number of hydrogen-bond acceptors (Lipinski definition) is 4. The maximum absolute atomic E-state index is 5.88. The van der Waals surface area contributed by atoms with Crippen LogP contribution in [0.4, 0.5) is 0 Å². The van der Waals surface area contributed by atoms with Crippen molar-refractivity contribution in [2.45, 2.75) is 39.9 Å². The zero-order valence-corrected chi connectivity index (χ0v) is 13.6. The lowest BCUT2D eigenvalue weighted by atomic mass is 10.2. The molecule has 7 nitrogen and oxygen atoms in total. The van der Waals surface area contributed by atoms with E-state index in [4.69, 9.17) is 15.2 Å². The summed E-state index contributed by atoms with van der Waals surface area (Å²) in [5.74, 6) is 0.419. The highest BCUT2D eigenvalue weighted by atomic mass is 16.5. The maximum atomic E-state index is 5.88. The van der Waals surface area contributed by atoms with Crippen molar-refractivity contribution in [3.8, 4) is 0 Å². The zero-order chi connectivity index (χ0) is 15.8. The summed E-state index contributed by atoms with van der Waals surface area (Å²) >= 11 is 0. The van der Waals surface area contributed by atoms with Gasteiger partial charge in [0.05, 0.1) is 32.0 Å². The normalized spacial score (nSPS) is 13.5. The average molecular weight is 297 g/mol. The van der Waals surface area contributed by atoms with Crippen LogP contribution in [0.2, 0.25) is 0 Å². The lowest BCUT2D eigenvalue weighted by molar-refractivity contribution is 0.179. The monoisotopic (exact) mass is 297 g/mol. The summed E-state index contributed by atoms with van der Waals surface area (Å²) in [6, 6.07) is 0.130. The van der Waals surface area contributed by atoms with Crippen LogP contribution < -0.4 is 11.1 Å². The molecule has 1 heterocycles. The predicted molar refractivity (Wildman–Crippen MR) is 83.4 cm³/mol. The number of methoxy groups -OCH3 is 2. The van der Waals surface area contributed by atoms with E-state index >= 15 is 0 Å². The molecule has 7 heteroatoms. The Hall–Kier alpha value is -1.60. The van der Waals surface area contributed by atoms with E-state index in [9.17, 15) is 0 Å². The van der Waals surface area contributed by atoms with Crippen LogP contribution in [0.5, 0.6) is 0 Å². The topological polar surface area (TPSA) is 86.7 Å². The van der Waals surface area contributed by atoms with E-state index in [2.05, 4.69) is 15.4 Å². The Kier molecular flexibility index (Phi) is 7.18. The Balaban J connectivity index is 2.68. The second-order valence-electron chi connectivity index (χ2n) is 5.07. The third-order valence-electron chi connectivity index (χ3n) is 3.26. The van der Waals surface area contributed by atoms with E-state index in [0.717, 1.165) is 23.5 Å². The zero-order valence-electron chi connectivity index (χ0n) is 13.6. The van der Waals surface area contributed by atoms with Gasteiger partial charge in [-0.2, -0.15) is 5.10 Å². The highest BCUT2D eigenvalue weighted by Gasteiger charge is 2.11. The maximum Gasteiger partial charge on any atom is 0.189 e. The molecule has 1 atom stereocenters. The third-order valence-corrected chi connectivity index (χ3v) is 3.26. The van der Waals surface area contributed by atoms with E-state index in [0.29, 0.717) is 25.7 Å². The molecule has 1 aromatic heterocycles. The molecule has 120 valence electrons. The van der Waals surface area contributed by atoms with Crippen LogP contribution in [0.3, 0.4) is 0 Å². The van der Waals surface area contributed by atoms with Crippen molar-refractivity contribution in [3.05, 3.63) is 17.0 Å². The molecule has 0 amide bonds. The minimum atomic E-state index is 0.130. The Morgan fingerprint density at radius 3 is 2.71 bits per heavy atom. The van der Waals surface area contributed by atoms with E-state index < -0.39 is 0 Å². The van der Waals surface area contributed by atoms with Gasteiger partial charge in [-0.05, 0) is 20.8 Å². The Bertz CT molecular complexity index is 470. The van der Waals surface area contributed by atoms with Gasteiger partial charge in [0, 0.05) is 31.5 Å². The SMILES string of the molecule is COCCn1nc(C)c(CN=C(N)NC(C)COC)c1C. The number of ether oxygens (including phenoxy) is 2. The molecule has 0 aliphatic carbocycles. The van der Waals surface area contributed by atoms with Crippen LogP contribution in [0.25, 0.3) is 0 Å². The van der Waals surface area contributed by atoms with Crippen LogP contribution in [-0.2, 0) is 22.6 Å². The number of aliphatic imine (C=N–C) groups is 1. The van der Waals surface area contributed by atoms with Gasteiger partial charge in [0.15, 0.2) is 5.96 Å². The van der Waals surface area contributed by atoms with Crippen molar-refractivity contribution in [3.63, 3.8) is 0 Å². The Labute approximate surface area is 126 Å². The molecule has 0 aliphatic rings.